The van der Waals surface area contributed by atoms with Crippen LogP contribution in [0.1, 0.15) is 112 Å². The smallest absolute Gasteiger partial charge is 0.308 e. The highest BCUT2D eigenvalue weighted by Gasteiger charge is 2.25. The number of hydrogen-bond donors (Lipinski definition) is 6. The monoisotopic (exact) mass is 1140 g/mol. The number of non-ortho nitro benzene ring substituents is 3. The topological polar surface area (TPSA) is 253 Å². The normalized spacial score (nSPS) is 11.0. The number of amides is 6. The highest BCUT2D eigenvalue weighted by molar-refractivity contribution is 6.02. The maximum Gasteiger partial charge on any atom is 0.323 e. The second-order valence-electron chi connectivity index (χ2n) is 22.0. The number of benzene rings is 7. The number of nitrogens with zero attached hydrogens (tertiary/aromatic N) is 3. The van der Waals surface area contributed by atoms with Gasteiger partial charge in [0.05, 0.1) is 48.5 Å². The van der Waals surface area contributed by atoms with Crippen molar-refractivity contribution in [3.63, 3.8) is 0 Å². The largest absolute Gasteiger partial charge is 0.323 e. The van der Waals surface area contributed by atoms with Crippen molar-refractivity contribution >= 4 is 69.3 Å². The van der Waals surface area contributed by atoms with Crippen LogP contribution in [-0.2, 0) is 16.2 Å². The van der Waals surface area contributed by atoms with E-state index in [0.29, 0.717) is 16.7 Å². The minimum atomic E-state index is -1.54. The van der Waals surface area contributed by atoms with Gasteiger partial charge in [-0.3, -0.25) is 30.3 Å². The zero-order valence-corrected chi connectivity index (χ0v) is 46.8. The number of nitrogens with one attached hydrogen (secondary N) is 6. The molecule has 0 aliphatic heterocycles. The Kier molecular flexibility index (Phi) is 17.9. The van der Waals surface area contributed by atoms with E-state index in [1.165, 1.54) is 91.0 Å². The Morgan fingerprint density at radius 1 is 0.357 bits per heavy atom. The molecule has 0 aliphatic rings. The fraction of sp³-hybridized carbons (Fsp3) is 0.190. The highest BCUT2D eigenvalue weighted by atomic mass is 19.1. The Labute approximate surface area is 481 Å². The molecule has 0 fully saturated rings. The molecule has 21 heteroatoms. The van der Waals surface area contributed by atoms with Crippen molar-refractivity contribution in [2.24, 2.45) is 0 Å². The van der Waals surface area contributed by atoms with Crippen LogP contribution in [0.2, 0.25) is 0 Å². The predicted octanol–water partition coefficient (Wildman–Crippen LogP) is 14.9. The number of anilines is 6. The van der Waals surface area contributed by atoms with Gasteiger partial charge in [0.2, 0.25) is 0 Å². The second-order valence-corrected chi connectivity index (χ2v) is 22.0. The first-order valence-electron chi connectivity index (χ1n) is 25.6. The van der Waals surface area contributed by atoms with Crippen molar-refractivity contribution in [1.29, 1.82) is 0 Å². The number of carbonyl (C=O) groups is 3. The predicted molar refractivity (Wildman–Crippen MR) is 317 cm³/mol. The minimum Gasteiger partial charge on any atom is -0.308 e. The highest BCUT2D eigenvalue weighted by Crippen LogP contribution is 2.32. The van der Waals surface area contributed by atoms with E-state index in [4.69, 9.17) is 0 Å². The third-order valence-electron chi connectivity index (χ3n) is 12.7. The summed E-state index contributed by atoms with van der Waals surface area (Å²) in [5, 5.41) is 49.4. The summed E-state index contributed by atoms with van der Waals surface area (Å²) in [7, 11) is 0. The zero-order chi connectivity index (χ0) is 61.4. The first kappa shape index (κ1) is 60.7. The number of halogens is 3. The van der Waals surface area contributed by atoms with Crippen LogP contribution in [0.3, 0.4) is 0 Å². The van der Waals surface area contributed by atoms with E-state index in [-0.39, 0.29) is 67.9 Å². The van der Waals surface area contributed by atoms with Crippen LogP contribution in [0.15, 0.2) is 127 Å². The molecule has 6 amide bonds. The molecule has 84 heavy (non-hydrogen) atoms. The fourth-order valence-electron chi connectivity index (χ4n) is 7.91. The molecule has 0 aromatic heterocycles. The molecule has 0 saturated heterocycles. The molecule has 0 bridgehead atoms. The second kappa shape index (κ2) is 24.8. The molecular formula is C63H54F3N9O9. The first-order valence-corrected chi connectivity index (χ1v) is 25.6. The molecule has 0 unspecified atom stereocenters. The third kappa shape index (κ3) is 15.3. The summed E-state index contributed by atoms with van der Waals surface area (Å²) in [6.07, 6.45) is 0. The SMILES string of the molecule is CC(C)(C)c1ccc(NC(=O)Nc2ccc([N+](=O)[O-])cc2)c(C#Cc2c(F)c(C#Cc3cc(C(C)(C)C)ccc3NC(=O)Nc3ccc([N+](=O)[O-])cc3)c(F)c(C#Cc3cc(C(C)(C)C)ccc3NC(=O)Nc3ccc([N+](=O)[O-])cc3)c2F)c1. The van der Waals surface area contributed by atoms with Gasteiger partial charge in [-0.25, -0.2) is 27.6 Å². The number of nitro benzene ring substituents is 3. The van der Waals surface area contributed by atoms with E-state index >= 15 is 13.2 Å². The molecule has 6 N–H and O–H groups in total. The molecule has 0 aliphatic carbocycles. The summed E-state index contributed by atoms with van der Waals surface area (Å²) in [6.45, 7) is 17.1. The molecule has 0 saturated carbocycles. The van der Waals surface area contributed by atoms with Crippen molar-refractivity contribution in [2.45, 2.75) is 78.6 Å². The van der Waals surface area contributed by atoms with E-state index < -0.39 is 83.3 Å². The van der Waals surface area contributed by atoms with E-state index in [0.717, 1.165) is 0 Å². The van der Waals surface area contributed by atoms with Gasteiger partial charge in [0, 0.05) is 70.2 Å². The summed E-state index contributed by atoms with van der Waals surface area (Å²) in [5.41, 5.74) is -2.03. The number of nitro groups is 3. The average Bonchev–Trinajstić information content (AvgIpc) is 1.85. The number of rotatable bonds is 9. The van der Waals surface area contributed by atoms with E-state index in [9.17, 15) is 44.7 Å². The van der Waals surface area contributed by atoms with Crippen LogP contribution < -0.4 is 31.9 Å². The standard InChI is InChI=1S/C63H54F3N9O9/c1-61(2,3)40-13-31-52(70-58(76)67-43-16-22-46(23-17-43)73(79)80)37(34-40)10-28-49-55(64)50(29-11-38-35-41(62(4,5)6)14-32-53(38)71-59(77)68-44-18-24-47(25-19-44)74(81)82)57(66)51(56(49)65)30-12-39-36-42(63(7,8)9)15-33-54(39)72-60(78)69-45-20-26-48(27-21-45)75(83)84/h13-27,31-36H,1-9H3,(H2,67,70,76)(H2,68,71,77)(H2,69,72,78). The summed E-state index contributed by atoms with van der Waals surface area (Å²) in [4.78, 5) is 72.0. The van der Waals surface area contributed by atoms with Gasteiger partial charge in [0.15, 0.2) is 17.5 Å². The lowest BCUT2D eigenvalue weighted by Crippen LogP contribution is -2.20. The molecule has 7 aromatic carbocycles. The summed E-state index contributed by atoms with van der Waals surface area (Å²) in [5.74, 6) is 11.2. The molecule has 426 valence electrons. The fourth-order valence-corrected chi connectivity index (χ4v) is 7.91. The van der Waals surface area contributed by atoms with Gasteiger partial charge in [-0.15, -0.1) is 0 Å². The Morgan fingerprint density at radius 2 is 0.583 bits per heavy atom. The number of carbonyl (C=O) groups excluding carboxylic acids is 3. The Morgan fingerprint density at radius 3 is 0.786 bits per heavy atom. The van der Waals surface area contributed by atoms with Crippen LogP contribution in [0.25, 0.3) is 0 Å². The van der Waals surface area contributed by atoms with Crippen LogP contribution in [-0.4, -0.2) is 32.9 Å². The first-order chi connectivity index (χ1) is 39.4. The van der Waals surface area contributed by atoms with Crippen molar-refractivity contribution in [2.75, 3.05) is 31.9 Å². The summed E-state index contributed by atoms with van der Waals surface area (Å²) in [6, 6.07) is 27.2. The lowest BCUT2D eigenvalue weighted by Gasteiger charge is -2.20. The van der Waals surface area contributed by atoms with Gasteiger partial charge in [-0.1, -0.05) is 116 Å². The Balaban J connectivity index is 1.39. The maximum atomic E-state index is 17.3. The molecular weight excluding hydrogens is 1080 g/mol. The van der Waals surface area contributed by atoms with Gasteiger partial charge in [-0.2, -0.15) is 0 Å². The summed E-state index contributed by atoms with van der Waals surface area (Å²) >= 11 is 0. The maximum absolute atomic E-state index is 17.3. The average molecular weight is 1140 g/mol. The van der Waals surface area contributed by atoms with Crippen molar-refractivity contribution < 1.29 is 42.3 Å². The quantitative estimate of drug-likeness (QED) is 0.0456. The van der Waals surface area contributed by atoms with E-state index in [1.54, 1.807) is 36.4 Å². The number of hydrogen-bond acceptors (Lipinski definition) is 9. The molecule has 0 atom stereocenters. The number of urea groups is 3. The van der Waals surface area contributed by atoms with Gasteiger partial charge >= 0.3 is 18.1 Å². The molecule has 18 nitrogen and oxygen atoms in total. The van der Waals surface area contributed by atoms with Gasteiger partial charge in [0.25, 0.3) is 17.1 Å². The molecule has 0 heterocycles. The van der Waals surface area contributed by atoms with Crippen LogP contribution in [0, 0.1) is 83.3 Å². The van der Waals surface area contributed by atoms with Gasteiger partial charge in [0.1, 0.15) is 0 Å². The molecule has 7 aromatic rings. The molecule has 0 radical (unpaired) electrons. The van der Waals surface area contributed by atoms with Crippen LogP contribution >= 0.6 is 0 Å². The third-order valence-corrected chi connectivity index (χ3v) is 12.7. The Bertz CT molecular complexity index is 3570. The Hall–Kier alpha value is -11.0. The van der Waals surface area contributed by atoms with E-state index in [2.05, 4.69) is 67.4 Å². The van der Waals surface area contributed by atoms with Crippen LogP contribution in [0.5, 0.6) is 0 Å². The molecule has 7 rings (SSSR count). The zero-order valence-electron chi connectivity index (χ0n) is 46.8. The van der Waals surface area contributed by atoms with Crippen molar-refractivity contribution in [3.05, 3.63) is 225 Å². The van der Waals surface area contributed by atoms with Gasteiger partial charge in [-0.05, 0) is 106 Å². The van der Waals surface area contributed by atoms with Crippen molar-refractivity contribution in [3.8, 4) is 35.5 Å². The van der Waals surface area contributed by atoms with Crippen LogP contribution in [0.4, 0.5) is 78.7 Å². The van der Waals surface area contributed by atoms with Crippen molar-refractivity contribution in [1.82, 2.24) is 0 Å². The lowest BCUT2D eigenvalue weighted by molar-refractivity contribution is -0.385. The van der Waals surface area contributed by atoms with Gasteiger partial charge < -0.3 is 31.9 Å². The summed E-state index contributed by atoms with van der Waals surface area (Å²) < 4.78 is 51.9. The minimum absolute atomic E-state index is 0.0631. The van der Waals surface area contributed by atoms with E-state index in [1.807, 2.05) is 62.3 Å². The lowest BCUT2D eigenvalue weighted by atomic mass is 9.86. The molecule has 0 spiro atoms.